The van der Waals surface area contributed by atoms with Crippen LogP contribution in [0.15, 0.2) is 210 Å². The Morgan fingerprint density at radius 3 is 1.59 bits per heavy atom. The number of hydrogen-bond acceptors (Lipinski definition) is 7. The van der Waals surface area contributed by atoms with Gasteiger partial charge in [0.05, 0.1) is 30.0 Å². The number of pyridine rings is 3. The van der Waals surface area contributed by atoms with Gasteiger partial charge in [0, 0.05) is 71.5 Å². The van der Waals surface area contributed by atoms with E-state index >= 15 is 0 Å². The number of rotatable bonds is 9. The molecule has 0 aliphatic rings. The lowest BCUT2D eigenvalue weighted by Gasteiger charge is -2.11. The lowest BCUT2D eigenvalue weighted by Crippen LogP contribution is -2.35. The number of hydrazone groups is 1. The van der Waals surface area contributed by atoms with Gasteiger partial charge in [0.1, 0.15) is 32.4 Å². The van der Waals surface area contributed by atoms with Crippen molar-refractivity contribution in [3.05, 3.63) is 228 Å². The van der Waals surface area contributed by atoms with Gasteiger partial charge in [-0.15, -0.1) is 9.80 Å². The minimum atomic E-state index is 0. The van der Waals surface area contributed by atoms with Crippen LogP contribution < -0.4 is 34.9 Å². The predicted molar refractivity (Wildman–Crippen MR) is 313 cm³/mol. The summed E-state index contributed by atoms with van der Waals surface area (Å²) in [5, 5.41) is 26.3. The molecule has 0 saturated carbocycles. The molecule has 0 spiro atoms. The number of phenols is 1. The maximum absolute atomic E-state index is 10.1. The first-order valence-corrected chi connectivity index (χ1v) is 22.8. The number of azo groups is 1. The van der Waals surface area contributed by atoms with Crippen LogP contribution in [0.2, 0.25) is 5.02 Å². The number of aromatic hydroxyl groups is 1. The molecule has 0 saturated heterocycles. The number of halogens is 1. The third kappa shape index (κ3) is 19.1. The molecular weight excluding hydrogens is 938 g/mol. The molecule has 0 unspecified atom stereocenters. The zero-order valence-electron chi connectivity index (χ0n) is 40.4. The third-order valence-electron chi connectivity index (χ3n) is 10.8. The average Bonchev–Trinajstić information content (AvgIpc) is 3.67. The van der Waals surface area contributed by atoms with Crippen molar-refractivity contribution in [1.82, 2.24) is 4.68 Å². The molecule has 0 atom stereocenters. The average molecular weight is 1010 g/mol. The van der Waals surface area contributed by atoms with Gasteiger partial charge in [0.2, 0.25) is 11.9 Å². The van der Waals surface area contributed by atoms with Crippen molar-refractivity contribution >= 4 is 81.5 Å². The second-order valence-electron chi connectivity index (χ2n) is 16.2. The molecule has 384 valence electrons. The van der Waals surface area contributed by atoms with E-state index in [-0.39, 0.29) is 35.5 Å². The smallest absolute Gasteiger partial charge is 0.204 e. The summed E-state index contributed by atoms with van der Waals surface area (Å²) in [5.74, 6) is 0.0991. The van der Waals surface area contributed by atoms with Gasteiger partial charge in [0.25, 0.3) is 0 Å². The van der Waals surface area contributed by atoms with Gasteiger partial charge in [-0.3, -0.25) is 5.01 Å². The van der Waals surface area contributed by atoms with Gasteiger partial charge in [-0.1, -0.05) is 95.9 Å². The molecule has 4 heterocycles. The fraction of sp³-hybridized carbons (Fsp3) is 0.164. The van der Waals surface area contributed by atoms with E-state index in [1.165, 1.54) is 11.3 Å². The first-order valence-electron chi connectivity index (χ1n) is 22.4. The Morgan fingerprint density at radius 2 is 1.05 bits per heavy atom. The minimum Gasteiger partial charge on any atom is -0.506 e. The van der Waals surface area contributed by atoms with E-state index in [0.29, 0.717) is 16.4 Å². The quantitative estimate of drug-likeness (QED) is 0.0436. The normalized spacial score (nSPS) is 10.4. The van der Waals surface area contributed by atoms with Crippen LogP contribution in [0.5, 0.6) is 5.75 Å². The largest absolute Gasteiger partial charge is 0.506 e. The Kier molecular flexibility index (Phi) is 25.6. The summed E-state index contributed by atoms with van der Waals surface area (Å²) in [7, 11) is 11.8. The van der Waals surface area contributed by atoms with Crippen LogP contribution in [0.3, 0.4) is 0 Å². The Hall–Kier alpha value is -8.74. The van der Waals surface area contributed by atoms with Crippen molar-refractivity contribution in [1.29, 1.82) is 0 Å². The summed E-state index contributed by atoms with van der Waals surface area (Å²) in [5.41, 5.74) is 21.6. The molecular formula is C61H76ClN11O+4. The molecule has 12 nitrogen and oxygen atoms in total. The predicted octanol–water partition coefficient (Wildman–Crippen LogP) is 12.8. The highest BCUT2D eigenvalue weighted by molar-refractivity contribution is 6.30. The zero-order valence-corrected chi connectivity index (χ0v) is 41.1. The van der Waals surface area contributed by atoms with Crippen LogP contribution in [0, 0.1) is 0 Å². The highest BCUT2D eigenvalue weighted by Gasteiger charge is 2.16. The van der Waals surface area contributed by atoms with Crippen LogP contribution >= 0.6 is 11.6 Å². The first-order chi connectivity index (χ1) is 33.8. The van der Waals surface area contributed by atoms with Crippen molar-refractivity contribution in [2.24, 2.45) is 50.6 Å². The Morgan fingerprint density at radius 1 is 0.554 bits per heavy atom. The lowest BCUT2D eigenvalue weighted by atomic mass is 10.1. The van der Waals surface area contributed by atoms with Crippen LogP contribution in [0.1, 0.15) is 57.7 Å². The number of aromatic nitrogens is 5. The van der Waals surface area contributed by atoms with Gasteiger partial charge in [-0.25, -0.2) is 13.7 Å². The van der Waals surface area contributed by atoms with Gasteiger partial charge < -0.3 is 16.6 Å². The fourth-order valence-electron chi connectivity index (χ4n) is 6.57. The topological polar surface area (TPSA) is 133 Å². The summed E-state index contributed by atoms with van der Waals surface area (Å²) >= 11 is 5.84. The van der Waals surface area contributed by atoms with Crippen molar-refractivity contribution < 1.29 is 23.5 Å². The first kappa shape index (κ1) is 61.4. The summed E-state index contributed by atoms with van der Waals surface area (Å²) < 4.78 is 9.92. The van der Waals surface area contributed by atoms with Crippen molar-refractivity contribution in [2.45, 2.75) is 29.7 Å². The van der Waals surface area contributed by atoms with Crippen molar-refractivity contribution in [2.75, 3.05) is 23.5 Å². The van der Waals surface area contributed by atoms with Crippen LogP contribution in [0.4, 0.5) is 28.4 Å². The molecule has 5 N–H and O–H groups in total. The van der Waals surface area contributed by atoms with E-state index in [9.17, 15) is 5.11 Å². The van der Waals surface area contributed by atoms with Gasteiger partial charge in [0.15, 0.2) is 43.7 Å². The van der Waals surface area contributed by atoms with E-state index in [2.05, 4.69) is 62.4 Å². The van der Waals surface area contributed by atoms with Gasteiger partial charge in [-0.2, -0.15) is 14.9 Å². The molecule has 0 aliphatic carbocycles. The van der Waals surface area contributed by atoms with Crippen molar-refractivity contribution in [3.8, 4) is 5.75 Å². The van der Waals surface area contributed by atoms with E-state index < -0.39 is 0 Å². The maximum atomic E-state index is 10.1. The van der Waals surface area contributed by atoms with Crippen molar-refractivity contribution in [3.63, 3.8) is 0 Å². The van der Waals surface area contributed by atoms with Crippen LogP contribution in [-0.4, -0.2) is 23.1 Å². The number of anilines is 3. The molecule has 0 aliphatic heterocycles. The molecule has 4 aromatic heterocycles. The second-order valence-corrected chi connectivity index (χ2v) is 16.6. The molecule has 9 rings (SSSR count). The van der Waals surface area contributed by atoms with Gasteiger partial charge in [-0.05, 0) is 102 Å². The third-order valence-corrected chi connectivity index (χ3v) is 11.0. The number of nitrogen functional groups attached to an aromatic ring is 2. The molecule has 0 radical (unpaired) electrons. The number of para-hydroxylation sites is 1. The number of benzene rings is 5. The molecule has 13 heteroatoms. The standard InChI is InChI=1S/C15H13ClN4O.C14H16N3.2C14H14N2.4CH4/c1-19-9-10-3-8-13(21)14(15(10)20(19)2)18-17-12-6-4-11(16)5-7-12;1-16-10-8-13(9-11-16)12-15-17(2)14-6-4-3-5-7-14;1-16-10-8-13(9-11-16)3-2-12-4-6-14(15)7-5-12;1-16-11-3-2-4-14(16)10-7-12-5-8-13(15)9-6-12;;;;/h3-9H,1-2H3;3-12H,1-2H3;2*2-11,15H,1H3;4*1H4/q;+1;;;;;;/p+3. The highest BCUT2D eigenvalue weighted by Crippen LogP contribution is 2.35. The molecule has 0 fully saturated rings. The highest BCUT2D eigenvalue weighted by atomic mass is 35.5. The monoisotopic (exact) mass is 1010 g/mol. The number of aryl methyl sites for hydroxylation is 5. The number of hydrogen-bond donors (Lipinski definition) is 3. The Balaban J connectivity index is 0.000000334. The number of fused-ring (bicyclic) bond motifs is 1. The maximum Gasteiger partial charge on any atom is 0.204 e. The molecule has 74 heavy (non-hydrogen) atoms. The molecule has 0 amide bonds. The second kappa shape index (κ2) is 30.9. The van der Waals surface area contributed by atoms with E-state index in [1.54, 1.807) is 30.3 Å². The summed E-state index contributed by atoms with van der Waals surface area (Å²) in [6.45, 7) is 0. The number of nitrogens with two attached hydrogens (primary N) is 2. The SMILES string of the molecule is C.C.C.C.CN(N=Cc1cc[n+](C)cc1)c1ccccc1.C[n+]1ccc(C=Cc2ccc(N)cc2)cc1.C[n+]1ccccc1C=Cc1ccc(N)cc1.Cn1c2c(N=Nc3ccc(Cl)cc3)c(O)ccc2c[n+]1C. The minimum absolute atomic E-state index is 0. The van der Waals surface area contributed by atoms with Crippen LogP contribution in [0.25, 0.3) is 35.2 Å². The van der Waals surface area contributed by atoms with Crippen LogP contribution in [-0.2, 0) is 35.2 Å². The summed E-state index contributed by atoms with van der Waals surface area (Å²) in [4.78, 5) is 0. The molecule has 5 aromatic carbocycles. The fourth-order valence-corrected chi connectivity index (χ4v) is 6.70. The summed E-state index contributed by atoms with van der Waals surface area (Å²) in [6, 6.07) is 50.6. The lowest BCUT2D eigenvalue weighted by molar-refractivity contribution is -0.748. The zero-order chi connectivity index (χ0) is 49.8. The van der Waals surface area contributed by atoms with Gasteiger partial charge >= 0.3 is 0 Å². The number of nitrogens with zero attached hydrogens (tertiary/aromatic N) is 9. The molecule has 0 bridgehead atoms. The Labute approximate surface area is 445 Å². The Bertz CT molecular complexity index is 3120. The van der Waals surface area contributed by atoms with E-state index in [0.717, 1.165) is 44.7 Å². The number of phenolic OH excluding ortho intramolecular Hbond substituents is 1. The summed E-state index contributed by atoms with van der Waals surface area (Å²) in [6.07, 6.45) is 22.3. The van der Waals surface area contributed by atoms with E-state index in [1.807, 2.05) is 218 Å². The molecule has 9 aromatic rings. The van der Waals surface area contributed by atoms with E-state index in [4.69, 9.17) is 23.1 Å².